The van der Waals surface area contributed by atoms with Crippen LogP contribution in [-0.4, -0.2) is 25.5 Å². The van der Waals surface area contributed by atoms with Crippen LogP contribution >= 0.6 is 0 Å². The molecule has 150 valence electrons. The van der Waals surface area contributed by atoms with Crippen molar-refractivity contribution in [1.82, 2.24) is 0 Å². The van der Waals surface area contributed by atoms with Crippen LogP contribution < -0.4 is 19.6 Å². The molecule has 4 rings (SSSR count). The molecule has 0 amide bonds. The van der Waals surface area contributed by atoms with Crippen molar-refractivity contribution in [3.8, 4) is 28.4 Å². The van der Waals surface area contributed by atoms with Gasteiger partial charge in [0.05, 0.1) is 17.6 Å². The average molecular weight is 396 g/mol. The van der Waals surface area contributed by atoms with E-state index in [1.54, 1.807) is 43.3 Å². The van der Waals surface area contributed by atoms with E-state index in [9.17, 15) is 9.59 Å². The second-order valence-electron chi connectivity index (χ2n) is 6.47. The van der Waals surface area contributed by atoms with E-state index < -0.39 is 12.1 Å². The summed E-state index contributed by atoms with van der Waals surface area (Å²) in [6.07, 6.45) is 1.25. The molecule has 3 aromatic rings. The van der Waals surface area contributed by atoms with Crippen LogP contribution in [0.25, 0.3) is 22.1 Å². The van der Waals surface area contributed by atoms with Crippen LogP contribution in [0.2, 0.25) is 0 Å². The van der Waals surface area contributed by atoms with Crippen LogP contribution in [0, 0.1) is 0 Å². The van der Waals surface area contributed by atoms with Crippen molar-refractivity contribution in [2.45, 2.75) is 26.4 Å². The smallest absolute Gasteiger partial charge is 0.347 e. The first-order valence-corrected chi connectivity index (χ1v) is 9.39. The van der Waals surface area contributed by atoms with Crippen LogP contribution in [0.1, 0.15) is 20.3 Å². The molecule has 0 saturated heterocycles. The zero-order valence-corrected chi connectivity index (χ0v) is 16.1. The number of benzene rings is 2. The maximum atomic E-state index is 13.0. The molecule has 0 spiro atoms. The number of hydrogen-bond acceptors (Lipinski definition) is 7. The Balaban J connectivity index is 1.61. The molecular weight excluding hydrogens is 376 g/mol. The molecule has 1 aromatic heterocycles. The van der Waals surface area contributed by atoms with Crippen LogP contribution in [0.4, 0.5) is 0 Å². The highest BCUT2D eigenvalue weighted by molar-refractivity contribution is 5.85. The largest absolute Gasteiger partial charge is 0.479 e. The number of ether oxygens (including phenoxy) is 4. The lowest BCUT2D eigenvalue weighted by Gasteiger charge is -2.16. The first-order chi connectivity index (χ1) is 14.1. The summed E-state index contributed by atoms with van der Waals surface area (Å²) in [5, 5.41) is 0.417. The Kier molecular flexibility index (Phi) is 5.12. The average Bonchev–Trinajstić information content (AvgIpc) is 3.19. The molecule has 0 aliphatic carbocycles. The predicted molar refractivity (Wildman–Crippen MR) is 105 cm³/mol. The molecule has 1 atom stereocenters. The van der Waals surface area contributed by atoms with Gasteiger partial charge in [-0.1, -0.05) is 19.1 Å². The molecule has 1 unspecified atom stereocenters. The Morgan fingerprint density at radius 1 is 1.10 bits per heavy atom. The summed E-state index contributed by atoms with van der Waals surface area (Å²) in [4.78, 5) is 24.8. The predicted octanol–water partition coefficient (Wildman–Crippen LogP) is 3.91. The number of esters is 1. The van der Waals surface area contributed by atoms with Crippen LogP contribution in [0.15, 0.2) is 51.9 Å². The molecule has 1 aliphatic heterocycles. The van der Waals surface area contributed by atoms with Crippen LogP contribution in [0.3, 0.4) is 0 Å². The summed E-state index contributed by atoms with van der Waals surface area (Å²) in [7, 11) is 0. The lowest BCUT2D eigenvalue weighted by molar-refractivity contribution is -0.151. The van der Waals surface area contributed by atoms with Gasteiger partial charge in [0.1, 0.15) is 17.6 Å². The van der Waals surface area contributed by atoms with Crippen molar-refractivity contribution in [2.24, 2.45) is 0 Å². The molecule has 0 radical (unpaired) electrons. The maximum Gasteiger partial charge on any atom is 0.347 e. The monoisotopic (exact) mass is 396 g/mol. The van der Waals surface area contributed by atoms with Gasteiger partial charge in [0.25, 0.3) is 0 Å². The molecule has 2 heterocycles. The zero-order valence-electron chi connectivity index (χ0n) is 16.1. The van der Waals surface area contributed by atoms with Gasteiger partial charge in [-0.3, -0.25) is 4.79 Å². The van der Waals surface area contributed by atoms with Gasteiger partial charge in [-0.2, -0.15) is 0 Å². The first-order valence-electron chi connectivity index (χ1n) is 9.39. The number of carbonyl (C=O) groups is 1. The van der Waals surface area contributed by atoms with Gasteiger partial charge in [-0.15, -0.1) is 0 Å². The summed E-state index contributed by atoms with van der Waals surface area (Å²) < 4.78 is 27.0. The molecule has 0 bridgehead atoms. The molecule has 7 nitrogen and oxygen atoms in total. The van der Waals surface area contributed by atoms with Gasteiger partial charge < -0.3 is 23.4 Å². The highest BCUT2D eigenvalue weighted by atomic mass is 16.7. The number of rotatable bonds is 6. The maximum absolute atomic E-state index is 13.0. The minimum atomic E-state index is -0.671. The molecule has 0 N–H and O–H groups in total. The third-order valence-corrected chi connectivity index (χ3v) is 4.63. The summed E-state index contributed by atoms with van der Waals surface area (Å²) in [5.41, 5.74) is 1.36. The lowest BCUT2D eigenvalue weighted by Crippen LogP contribution is -2.28. The van der Waals surface area contributed by atoms with E-state index in [2.05, 4.69) is 0 Å². The van der Waals surface area contributed by atoms with Gasteiger partial charge >= 0.3 is 5.97 Å². The molecule has 7 heteroatoms. The summed E-state index contributed by atoms with van der Waals surface area (Å²) in [5.74, 6) is 1.20. The molecule has 0 saturated carbocycles. The fraction of sp³-hybridized carbons (Fsp3) is 0.273. The van der Waals surface area contributed by atoms with Crippen molar-refractivity contribution in [1.29, 1.82) is 0 Å². The fourth-order valence-corrected chi connectivity index (χ4v) is 3.13. The Morgan fingerprint density at radius 2 is 1.83 bits per heavy atom. The summed E-state index contributed by atoms with van der Waals surface area (Å²) >= 11 is 0. The normalized spacial score (nSPS) is 13.3. The quantitative estimate of drug-likeness (QED) is 0.584. The third-order valence-electron chi connectivity index (χ3n) is 4.63. The van der Waals surface area contributed by atoms with Crippen LogP contribution in [0.5, 0.6) is 17.2 Å². The second kappa shape index (κ2) is 7.87. The summed E-state index contributed by atoms with van der Waals surface area (Å²) in [6.45, 7) is 4.03. The molecule has 1 aliphatic rings. The van der Waals surface area contributed by atoms with E-state index in [4.69, 9.17) is 23.4 Å². The summed E-state index contributed by atoms with van der Waals surface area (Å²) in [6, 6.07) is 10.2. The van der Waals surface area contributed by atoms with Crippen LogP contribution in [-0.2, 0) is 9.53 Å². The zero-order chi connectivity index (χ0) is 20.4. The number of hydrogen-bond donors (Lipinski definition) is 0. The Labute approximate surface area is 166 Å². The van der Waals surface area contributed by atoms with Gasteiger partial charge in [0.2, 0.25) is 12.2 Å². The topological polar surface area (TPSA) is 84.2 Å². The van der Waals surface area contributed by atoms with Gasteiger partial charge in [-0.05, 0) is 37.1 Å². The van der Waals surface area contributed by atoms with Crippen molar-refractivity contribution >= 4 is 16.9 Å². The standard InChI is InChI=1S/C22H20O7/c1-3-17(22(24)25-4-2)29-14-7-5-13(6-8-14)16-11-26-18-10-20-19(27-12-28-20)9-15(18)21(16)23/h5-11,17H,3-4,12H2,1-2H3. The van der Waals surface area contributed by atoms with Crippen molar-refractivity contribution in [2.75, 3.05) is 13.4 Å². The van der Waals surface area contributed by atoms with Gasteiger partial charge in [0, 0.05) is 6.07 Å². The Morgan fingerprint density at radius 3 is 2.52 bits per heavy atom. The van der Waals surface area contributed by atoms with E-state index >= 15 is 0 Å². The highest BCUT2D eigenvalue weighted by Crippen LogP contribution is 2.35. The molecule has 0 fully saturated rings. The number of fused-ring (bicyclic) bond motifs is 2. The fourth-order valence-electron chi connectivity index (χ4n) is 3.13. The minimum absolute atomic E-state index is 0.124. The third kappa shape index (κ3) is 3.63. The molecule has 29 heavy (non-hydrogen) atoms. The second-order valence-corrected chi connectivity index (χ2v) is 6.47. The first kappa shape index (κ1) is 18.9. The van der Waals surface area contributed by atoms with E-state index in [0.29, 0.717) is 52.4 Å². The van der Waals surface area contributed by atoms with E-state index in [1.165, 1.54) is 6.26 Å². The van der Waals surface area contributed by atoms with Crippen molar-refractivity contribution in [3.05, 3.63) is 52.9 Å². The highest BCUT2D eigenvalue weighted by Gasteiger charge is 2.20. The Bertz CT molecular complexity index is 1100. The van der Waals surface area contributed by atoms with Crippen molar-refractivity contribution in [3.63, 3.8) is 0 Å². The van der Waals surface area contributed by atoms with E-state index in [0.717, 1.165) is 0 Å². The van der Waals surface area contributed by atoms with E-state index in [-0.39, 0.29) is 12.2 Å². The van der Waals surface area contributed by atoms with Gasteiger partial charge in [0.15, 0.2) is 17.6 Å². The van der Waals surface area contributed by atoms with E-state index in [1.807, 2.05) is 6.92 Å². The minimum Gasteiger partial charge on any atom is -0.479 e. The van der Waals surface area contributed by atoms with Gasteiger partial charge in [-0.25, -0.2) is 4.79 Å². The molecule has 2 aromatic carbocycles. The Hall–Kier alpha value is -3.48. The molecular formula is C22H20O7. The SMILES string of the molecule is CCOC(=O)C(CC)Oc1ccc(-c2coc3cc4c(cc3c2=O)OCO4)cc1. The number of carbonyl (C=O) groups excluding carboxylic acids is 1. The lowest BCUT2D eigenvalue weighted by atomic mass is 10.1. The van der Waals surface area contributed by atoms with Crippen molar-refractivity contribution < 1.29 is 28.2 Å².